The molecule has 6 nitrogen and oxygen atoms in total. The SMILES string of the molecule is O=C(Oc1ccc(Oc2ccccc2)cc1)c1ccc2c(=O)n3c(nc2c1)CCC3. The van der Waals surface area contributed by atoms with Crippen molar-refractivity contribution in [3.63, 3.8) is 0 Å². The van der Waals surface area contributed by atoms with Crippen LogP contribution in [0.25, 0.3) is 10.9 Å². The lowest BCUT2D eigenvalue weighted by Crippen LogP contribution is -2.21. The van der Waals surface area contributed by atoms with E-state index in [9.17, 15) is 9.59 Å². The van der Waals surface area contributed by atoms with Gasteiger partial charge in [-0.2, -0.15) is 0 Å². The molecule has 4 aromatic rings. The molecule has 148 valence electrons. The van der Waals surface area contributed by atoms with Gasteiger partial charge in [0.05, 0.1) is 16.5 Å². The fourth-order valence-electron chi connectivity index (χ4n) is 3.58. The molecule has 0 bridgehead atoms. The van der Waals surface area contributed by atoms with Crippen molar-refractivity contribution in [3.8, 4) is 17.2 Å². The van der Waals surface area contributed by atoms with Crippen molar-refractivity contribution in [1.82, 2.24) is 9.55 Å². The van der Waals surface area contributed by atoms with Gasteiger partial charge in [0.15, 0.2) is 0 Å². The molecule has 0 N–H and O–H groups in total. The van der Waals surface area contributed by atoms with Gasteiger partial charge in [-0.3, -0.25) is 9.36 Å². The van der Waals surface area contributed by atoms with Gasteiger partial charge in [-0.15, -0.1) is 0 Å². The summed E-state index contributed by atoms with van der Waals surface area (Å²) in [6, 6.07) is 21.1. The van der Waals surface area contributed by atoms with Crippen LogP contribution in [0.5, 0.6) is 17.2 Å². The number of carbonyl (C=O) groups excluding carboxylic acids is 1. The number of nitrogens with zero attached hydrogens (tertiary/aromatic N) is 2. The maximum absolute atomic E-state index is 12.6. The van der Waals surface area contributed by atoms with Gasteiger partial charge in [-0.25, -0.2) is 9.78 Å². The van der Waals surface area contributed by atoms with Crippen LogP contribution in [0.2, 0.25) is 0 Å². The molecule has 1 aromatic heterocycles. The van der Waals surface area contributed by atoms with E-state index in [4.69, 9.17) is 9.47 Å². The highest BCUT2D eigenvalue weighted by atomic mass is 16.5. The number of fused-ring (bicyclic) bond motifs is 2. The summed E-state index contributed by atoms with van der Waals surface area (Å²) in [6.07, 6.45) is 1.69. The van der Waals surface area contributed by atoms with Crippen molar-refractivity contribution < 1.29 is 14.3 Å². The Morgan fingerprint density at radius 3 is 2.43 bits per heavy atom. The van der Waals surface area contributed by atoms with Gasteiger partial charge >= 0.3 is 5.97 Å². The number of aryl methyl sites for hydroxylation is 1. The normalized spacial score (nSPS) is 12.5. The van der Waals surface area contributed by atoms with Gasteiger partial charge in [0.2, 0.25) is 0 Å². The van der Waals surface area contributed by atoms with Gasteiger partial charge in [0, 0.05) is 13.0 Å². The molecule has 6 heteroatoms. The second-order valence-electron chi connectivity index (χ2n) is 7.10. The van der Waals surface area contributed by atoms with Crippen LogP contribution in [-0.4, -0.2) is 15.5 Å². The quantitative estimate of drug-likeness (QED) is 0.377. The number of aromatic nitrogens is 2. The second-order valence-corrected chi connectivity index (χ2v) is 7.10. The van der Waals surface area contributed by atoms with Crippen molar-refractivity contribution in [2.45, 2.75) is 19.4 Å². The summed E-state index contributed by atoms with van der Waals surface area (Å²) in [4.78, 5) is 29.7. The topological polar surface area (TPSA) is 70.4 Å². The molecule has 5 rings (SSSR count). The van der Waals surface area contributed by atoms with E-state index >= 15 is 0 Å². The Kier molecular flexibility index (Phi) is 4.52. The molecule has 0 unspecified atom stereocenters. The standard InChI is InChI=1S/C24H18N2O4/c27-23-20-13-8-16(15-21(20)25-22-7-4-14-26(22)23)24(28)30-19-11-9-18(10-12-19)29-17-5-2-1-3-6-17/h1-3,5-6,8-13,15H,4,7,14H2. The number of para-hydroxylation sites is 1. The molecule has 0 radical (unpaired) electrons. The molecule has 0 saturated heterocycles. The zero-order valence-electron chi connectivity index (χ0n) is 16.1. The van der Waals surface area contributed by atoms with Crippen LogP contribution in [0.3, 0.4) is 0 Å². The van der Waals surface area contributed by atoms with E-state index in [0.29, 0.717) is 34.5 Å². The summed E-state index contributed by atoms with van der Waals surface area (Å²) >= 11 is 0. The third-order valence-corrected chi connectivity index (χ3v) is 5.07. The molecule has 30 heavy (non-hydrogen) atoms. The Bertz CT molecular complexity index is 1290. The van der Waals surface area contributed by atoms with E-state index in [1.807, 2.05) is 30.3 Å². The molecule has 0 aliphatic carbocycles. The third-order valence-electron chi connectivity index (χ3n) is 5.07. The number of carbonyl (C=O) groups is 1. The number of benzene rings is 3. The first kappa shape index (κ1) is 18.1. The smallest absolute Gasteiger partial charge is 0.343 e. The summed E-state index contributed by atoms with van der Waals surface area (Å²) in [5, 5.41) is 0.514. The number of hydrogen-bond acceptors (Lipinski definition) is 5. The molecule has 1 aliphatic rings. The molecular weight excluding hydrogens is 380 g/mol. The minimum atomic E-state index is -0.504. The average Bonchev–Trinajstić information content (AvgIpc) is 3.24. The van der Waals surface area contributed by atoms with Crippen LogP contribution < -0.4 is 15.0 Å². The van der Waals surface area contributed by atoms with Crippen LogP contribution in [0.1, 0.15) is 22.6 Å². The zero-order chi connectivity index (χ0) is 20.5. The first-order chi connectivity index (χ1) is 14.7. The first-order valence-corrected chi connectivity index (χ1v) is 9.76. The lowest BCUT2D eigenvalue weighted by Gasteiger charge is -2.09. The molecule has 0 atom stereocenters. The summed E-state index contributed by atoms with van der Waals surface area (Å²) in [7, 11) is 0. The lowest BCUT2D eigenvalue weighted by atomic mass is 10.1. The van der Waals surface area contributed by atoms with Crippen LogP contribution >= 0.6 is 0 Å². The highest BCUT2D eigenvalue weighted by molar-refractivity contribution is 5.95. The highest BCUT2D eigenvalue weighted by Gasteiger charge is 2.17. The van der Waals surface area contributed by atoms with Crippen molar-refractivity contribution in [2.24, 2.45) is 0 Å². The van der Waals surface area contributed by atoms with Crippen LogP contribution in [0, 0.1) is 0 Å². The molecule has 1 aliphatic heterocycles. The fraction of sp³-hybridized carbons (Fsp3) is 0.125. The number of esters is 1. The van der Waals surface area contributed by atoms with Gasteiger partial charge in [0.25, 0.3) is 5.56 Å². The Hall–Kier alpha value is -3.93. The van der Waals surface area contributed by atoms with Gasteiger partial charge in [-0.05, 0) is 61.0 Å². The summed E-state index contributed by atoms with van der Waals surface area (Å²) < 4.78 is 12.9. The van der Waals surface area contributed by atoms with Crippen LogP contribution in [0.15, 0.2) is 77.6 Å². The number of ether oxygens (including phenoxy) is 2. The maximum Gasteiger partial charge on any atom is 0.343 e. The van der Waals surface area contributed by atoms with Gasteiger partial charge in [0.1, 0.15) is 23.1 Å². The summed E-state index contributed by atoms with van der Waals surface area (Å²) in [6.45, 7) is 0.699. The molecule has 3 aromatic carbocycles. The molecule has 0 fully saturated rings. The minimum absolute atomic E-state index is 0.0542. The number of hydrogen-bond donors (Lipinski definition) is 0. The summed E-state index contributed by atoms with van der Waals surface area (Å²) in [5.74, 6) is 2.05. The van der Waals surface area contributed by atoms with Crippen LogP contribution in [0.4, 0.5) is 0 Å². The highest BCUT2D eigenvalue weighted by Crippen LogP contribution is 2.24. The minimum Gasteiger partial charge on any atom is -0.457 e. The molecule has 0 saturated carbocycles. The van der Waals surface area contributed by atoms with E-state index in [1.165, 1.54) is 0 Å². The van der Waals surface area contributed by atoms with Crippen molar-refractivity contribution >= 4 is 16.9 Å². The second kappa shape index (κ2) is 7.48. The van der Waals surface area contributed by atoms with E-state index in [2.05, 4.69) is 4.98 Å². The predicted octanol–water partition coefficient (Wildman–Crippen LogP) is 4.35. The monoisotopic (exact) mass is 398 g/mol. The summed E-state index contributed by atoms with van der Waals surface area (Å²) in [5.41, 5.74) is 0.817. The Morgan fingerprint density at radius 2 is 1.63 bits per heavy atom. The predicted molar refractivity (Wildman–Crippen MR) is 112 cm³/mol. The zero-order valence-corrected chi connectivity index (χ0v) is 16.1. The van der Waals surface area contributed by atoms with Crippen molar-refractivity contribution in [2.75, 3.05) is 0 Å². The Labute approximate surface area is 172 Å². The number of rotatable bonds is 4. The lowest BCUT2D eigenvalue weighted by molar-refractivity contribution is 0.0735. The van der Waals surface area contributed by atoms with Crippen molar-refractivity contribution in [1.29, 1.82) is 0 Å². The first-order valence-electron chi connectivity index (χ1n) is 9.76. The molecule has 2 heterocycles. The molecule has 0 spiro atoms. The van der Waals surface area contributed by atoms with E-state index in [0.717, 1.165) is 24.4 Å². The Balaban J connectivity index is 1.34. The van der Waals surface area contributed by atoms with Gasteiger partial charge < -0.3 is 9.47 Å². The Morgan fingerprint density at radius 1 is 0.900 bits per heavy atom. The maximum atomic E-state index is 12.6. The third kappa shape index (κ3) is 3.43. The van der Waals surface area contributed by atoms with Gasteiger partial charge in [-0.1, -0.05) is 18.2 Å². The van der Waals surface area contributed by atoms with E-state index in [-0.39, 0.29) is 5.56 Å². The average molecular weight is 398 g/mol. The van der Waals surface area contributed by atoms with Crippen molar-refractivity contribution in [3.05, 3.63) is 94.5 Å². The fourth-order valence-corrected chi connectivity index (χ4v) is 3.58. The largest absolute Gasteiger partial charge is 0.457 e. The van der Waals surface area contributed by atoms with E-state index in [1.54, 1.807) is 47.0 Å². The molecule has 0 amide bonds. The van der Waals surface area contributed by atoms with E-state index < -0.39 is 5.97 Å². The molecular formula is C24H18N2O4. The van der Waals surface area contributed by atoms with Crippen LogP contribution in [-0.2, 0) is 13.0 Å².